The van der Waals surface area contributed by atoms with E-state index in [2.05, 4.69) is 39.1 Å². The summed E-state index contributed by atoms with van der Waals surface area (Å²) in [6.45, 7) is 6.76. The summed E-state index contributed by atoms with van der Waals surface area (Å²) < 4.78 is 0. The lowest BCUT2D eigenvalue weighted by atomic mass is 10.1. The first kappa shape index (κ1) is 20.1. The van der Waals surface area contributed by atoms with E-state index in [1.165, 1.54) is 6.42 Å². The number of benzene rings is 1. The van der Waals surface area contributed by atoms with Gasteiger partial charge in [0.1, 0.15) is 11.6 Å². The third kappa shape index (κ3) is 5.68. The molecule has 0 spiro atoms. The maximum Gasteiger partial charge on any atom is 0.225 e. The Bertz CT molecular complexity index is 950. The van der Waals surface area contributed by atoms with Crippen LogP contribution in [0.1, 0.15) is 31.7 Å². The summed E-state index contributed by atoms with van der Waals surface area (Å²) >= 11 is 0. The molecule has 0 fully saturated rings. The number of pyridine rings is 1. The summed E-state index contributed by atoms with van der Waals surface area (Å²) in [5.74, 6) is 1.73. The van der Waals surface area contributed by atoms with E-state index in [9.17, 15) is 0 Å². The normalized spacial score (nSPS) is 10.5. The van der Waals surface area contributed by atoms with Crippen molar-refractivity contribution in [1.82, 2.24) is 15.0 Å². The largest absolute Gasteiger partial charge is 0.399 e. The second-order valence-electron chi connectivity index (χ2n) is 6.80. The van der Waals surface area contributed by atoms with E-state index in [1.807, 2.05) is 36.4 Å². The molecule has 29 heavy (non-hydrogen) atoms. The van der Waals surface area contributed by atoms with E-state index in [1.54, 1.807) is 12.3 Å². The van der Waals surface area contributed by atoms with Gasteiger partial charge in [-0.05, 0) is 36.2 Å². The van der Waals surface area contributed by atoms with Gasteiger partial charge in [0.2, 0.25) is 5.95 Å². The second-order valence-corrected chi connectivity index (χ2v) is 6.80. The Kier molecular flexibility index (Phi) is 6.63. The molecule has 0 saturated heterocycles. The number of aromatic nitrogens is 3. The first-order valence-electron chi connectivity index (χ1n) is 9.72. The predicted octanol–water partition coefficient (Wildman–Crippen LogP) is 4.40. The Balaban J connectivity index is 1.86. The monoisotopic (exact) mass is 389 g/mol. The van der Waals surface area contributed by atoms with E-state index < -0.39 is 0 Å². The molecular weight excluding hydrogens is 362 g/mol. The van der Waals surface area contributed by atoms with Gasteiger partial charge in [0.05, 0.1) is 5.69 Å². The van der Waals surface area contributed by atoms with E-state index in [0.29, 0.717) is 23.3 Å². The minimum atomic E-state index is 0.473. The van der Waals surface area contributed by atoms with Crippen LogP contribution in [0.15, 0.2) is 55.2 Å². The number of hydrogen-bond acceptors (Lipinski definition) is 7. The molecule has 0 bridgehead atoms. The van der Waals surface area contributed by atoms with E-state index >= 15 is 0 Å². The van der Waals surface area contributed by atoms with Crippen LogP contribution in [-0.2, 0) is 0 Å². The van der Waals surface area contributed by atoms with Crippen LogP contribution in [0, 0.1) is 0 Å². The number of anilines is 4. The van der Waals surface area contributed by atoms with Crippen LogP contribution < -0.4 is 22.1 Å². The maximum atomic E-state index is 5.74. The number of unbranched alkanes of at least 4 members (excludes halogenated alkanes) is 2. The van der Waals surface area contributed by atoms with Gasteiger partial charge in [-0.1, -0.05) is 38.5 Å². The Morgan fingerprint density at radius 3 is 2.52 bits per heavy atom. The quantitative estimate of drug-likeness (QED) is 0.401. The van der Waals surface area contributed by atoms with Gasteiger partial charge in [0.25, 0.3) is 0 Å². The number of nitrogens with one attached hydrogen (secondary N) is 2. The molecule has 0 aliphatic rings. The van der Waals surface area contributed by atoms with Crippen molar-refractivity contribution < 1.29 is 0 Å². The Morgan fingerprint density at radius 2 is 1.86 bits per heavy atom. The van der Waals surface area contributed by atoms with Crippen molar-refractivity contribution >= 4 is 29.0 Å². The molecule has 0 amide bonds. The van der Waals surface area contributed by atoms with Crippen molar-refractivity contribution in [3.05, 3.63) is 60.8 Å². The van der Waals surface area contributed by atoms with E-state index in [-0.39, 0.29) is 0 Å². The number of nitrogens with two attached hydrogens (primary N) is 2. The van der Waals surface area contributed by atoms with Crippen LogP contribution >= 0.6 is 0 Å². The fraction of sp³-hybridized carbons (Fsp3) is 0.227. The van der Waals surface area contributed by atoms with Gasteiger partial charge >= 0.3 is 0 Å². The van der Waals surface area contributed by atoms with Crippen LogP contribution in [0.2, 0.25) is 0 Å². The highest BCUT2D eigenvalue weighted by atomic mass is 15.1. The Morgan fingerprint density at radius 1 is 1.07 bits per heavy atom. The predicted molar refractivity (Wildman–Crippen MR) is 121 cm³/mol. The molecule has 0 aliphatic carbocycles. The Hall–Kier alpha value is -3.61. The van der Waals surface area contributed by atoms with E-state index in [0.717, 1.165) is 41.9 Å². The summed E-state index contributed by atoms with van der Waals surface area (Å²) in [6.07, 6.45) is 5.11. The SMILES string of the molecule is C=C(N)c1ccc(Nc2cc(-c3ccc(N)nc3)nc(NCCCCC)n2)cc1. The van der Waals surface area contributed by atoms with E-state index in [4.69, 9.17) is 11.5 Å². The topological polar surface area (TPSA) is 115 Å². The fourth-order valence-corrected chi connectivity index (χ4v) is 2.79. The highest BCUT2D eigenvalue weighted by Crippen LogP contribution is 2.24. The highest BCUT2D eigenvalue weighted by Gasteiger charge is 2.08. The molecule has 150 valence electrons. The molecule has 7 heteroatoms. The molecule has 0 unspecified atom stereocenters. The average Bonchev–Trinajstić information content (AvgIpc) is 2.72. The van der Waals surface area contributed by atoms with Gasteiger partial charge in [0.15, 0.2) is 0 Å². The van der Waals surface area contributed by atoms with Crippen molar-refractivity contribution in [3.8, 4) is 11.3 Å². The zero-order chi connectivity index (χ0) is 20.6. The molecule has 0 saturated carbocycles. The summed E-state index contributed by atoms with van der Waals surface area (Å²) in [4.78, 5) is 13.4. The summed E-state index contributed by atoms with van der Waals surface area (Å²) in [5, 5.41) is 6.64. The van der Waals surface area contributed by atoms with Crippen LogP contribution in [-0.4, -0.2) is 21.5 Å². The van der Waals surface area contributed by atoms with Gasteiger partial charge in [-0.3, -0.25) is 0 Å². The molecule has 3 aromatic rings. The minimum absolute atomic E-state index is 0.473. The van der Waals surface area contributed by atoms with Crippen LogP contribution in [0.3, 0.4) is 0 Å². The van der Waals surface area contributed by atoms with Gasteiger partial charge in [-0.2, -0.15) is 4.98 Å². The number of nitrogens with zero attached hydrogens (tertiary/aromatic N) is 3. The number of hydrogen-bond donors (Lipinski definition) is 4. The van der Waals surface area contributed by atoms with Crippen LogP contribution in [0.4, 0.5) is 23.3 Å². The van der Waals surface area contributed by atoms with Crippen LogP contribution in [0.5, 0.6) is 0 Å². The first-order chi connectivity index (χ1) is 14.0. The van der Waals surface area contributed by atoms with Gasteiger partial charge in [0, 0.05) is 35.8 Å². The van der Waals surface area contributed by atoms with Gasteiger partial charge in [-0.25, -0.2) is 9.97 Å². The molecule has 7 nitrogen and oxygen atoms in total. The van der Waals surface area contributed by atoms with Crippen LogP contribution in [0.25, 0.3) is 17.0 Å². The molecule has 3 rings (SSSR count). The molecule has 0 atom stereocenters. The van der Waals surface area contributed by atoms with Crippen molar-refractivity contribution in [3.63, 3.8) is 0 Å². The second kappa shape index (κ2) is 9.54. The third-order valence-corrected chi connectivity index (χ3v) is 4.40. The lowest BCUT2D eigenvalue weighted by molar-refractivity contribution is 0.740. The van der Waals surface area contributed by atoms with Crippen molar-refractivity contribution in [1.29, 1.82) is 0 Å². The molecule has 0 radical (unpaired) electrons. The Labute approximate surface area is 171 Å². The molecule has 2 aromatic heterocycles. The molecular formula is C22H27N7. The standard InChI is InChI=1S/C22H27N7/c1-3-4-5-12-25-22-28-19(17-8-11-20(24)26-14-17)13-21(29-22)27-18-9-6-16(7-10-18)15(2)23/h6-11,13-14H,2-5,12,23H2,1H3,(H2,24,26)(H2,25,27,28,29). The average molecular weight is 390 g/mol. The first-order valence-corrected chi connectivity index (χ1v) is 9.72. The summed E-state index contributed by atoms with van der Waals surface area (Å²) in [7, 11) is 0. The number of nitrogen functional groups attached to an aromatic ring is 1. The van der Waals surface area contributed by atoms with Gasteiger partial charge < -0.3 is 22.1 Å². The summed E-state index contributed by atoms with van der Waals surface area (Å²) in [6, 6.07) is 13.3. The smallest absolute Gasteiger partial charge is 0.225 e. The lowest BCUT2D eigenvalue weighted by Crippen LogP contribution is -2.07. The van der Waals surface area contributed by atoms with Crippen molar-refractivity contribution in [2.45, 2.75) is 26.2 Å². The maximum absolute atomic E-state index is 5.74. The third-order valence-electron chi connectivity index (χ3n) is 4.40. The summed E-state index contributed by atoms with van der Waals surface area (Å²) in [5.41, 5.74) is 15.4. The van der Waals surface area contributed by atoms with Gasteiger partial charge in [-0.15, -0.1) is 0 Å². The number of rotatable bonds is 9. The highest BCUT2D eigenvalue weighted by molar-refractivity contribution is 5.69. The molecule has 1 aromatic carbocycles. The zero-order valence-electron chi connectivity index (χ0n) is 16.7. The zero-order valence-corrected chi connectivity index (χ0v) is 16.7. The van der Waals surface area contributed by atoms with Crippen molar-refractivity contribution in [2.24, 2.45) is 5.73 Å². The lowest BCUT2D eigenvalue weighted by Gasteiger charge is -2.12. The minimum Gasteiger partial charge on any atom is -0.399 e. The molecule has 6 N–H and O–H groups in total. The molecule has 0 aliphatic heterocycles. The molecule has 2 heterocycles. The van der Waals surface area contributed by atoms with Crippen molar-refractivity contribution in [2.75, 3.05) is 22.9 Å². The fourth-order valence-electron chi connectivity index (χ4n) is 2.79.